The molecule has 2 aliphatic heterocycles. The summed E-state index contributed by atoms with van der Waals surface area (Å²) in [5.74, 6) is 0.729. The Balaban J connectivity index is 1.74. The third-order valence-corrected chi connectivity index (χ3v) is 3.43. The molecule has 0 radical (unpaired) electrons. The Hall–Kier alpha value is -0.610. The molecule has 0 saturated carbocycles. The minimum atomic E-state index is -0.0716. The number of carbonyl (C=O) groups excluding carboxylic acids is 1. The lowest BCUT2D eigenvalue weighted by Crippen LogP contribution is -2.46. The van der Waals surface area contributed by atoms with E-state index in [0.29, 0.717) is 19.2 Å². The lowest BCUT2D eigenvalue weighted by atomic mass is 10.0. The molecule has 2 fully saturated rings. The summed E-state index contributed by atoms with van der Waals surface area (Å²) in [4.78, 5) is 13.4. The molecule has 0 bridgehead atoms. The maximum atomic E-state index is 11.1. The fraction of sp³-hybridized carbons (Fsp3) is 0.909. The number of morpholine rings is 1. The van der Waals surface area contributed by atoms with Crippen LogP contribution in [0, 0.1) is 5.92 Å². The van der Waals surface area contributed by atoms with Crippen LogP contribution in [0.3, 0.4) is 0 Å². The number of hydrogen-bond donors (Lipinski definition) is 1. The minimum Gasteiger partial charge on any atom is -0.463 e. The molecule has 2 heterocycles. The van der Waals surface area contributed by atoms with Crippen LogP contribution in [-0.2, 0) is 9.53 Å². The van der Waals surface area contributed by atoms with Gasteiger partial charge in [-0.3, -0.25) is 9.69 Å². The molecule has 2 atom stereocenters. The SMILES string of the molecule is CC1COC(=O)CN1CCC1CCNC1. The van der Waals surface area contributed by atoms with Crippen molar-refractivity contribution in [1.29, 1.82) is 0 Å². The Morgan fingerprint density at radius 1 is 1.60 bits per heavy atom. The van der Waals surface area contributed by atoms with Crippen molar-refractivity contribution in [3.05, 3.63) is 0 Å². The van der Waals surface area contributed by atoms with Crippen molar-refractivity contribution in [3.8, 4) is 0 Å². The second-order valence-electron chi connectivity index (χ2n) is 4.65. The van der Waals surface area contributed by atoms with Crippen LogP contribution in [0.2, 0.25) is 0 Å². The van der Waals surface area contributed by atoms with Crippen molar-refractivity contribution in [3.63, 3.8) is 0 Å². The van der Waals surface area contributed by atoms with Crippen LogP contribution >= 0.6 is 0 Å². The molecule has 4 heteroatoms. The van der Waals surface area contributed by atoms with E-state index in [1.807, 2.05) is 0 Å². The summed E-state index contributed by atoms with van der Waals surface area (Å²) in [6.07, 6.45) is 2.48. The average molecular weight is 212 g/mol. The molecule has 2 unspecified atom stereocenters. The van der Waals surface area contributed by atoms with Gasteiger partial charge in [0.15, 0.2) is 0 Å². The molecule has 86 valence electrons. The molecule has 0 amide bonds. The van der Waals surface area contributed by atoms with E-state index in [1.165, 1.54) is 12.8 Å². The van der Waals surface area contributed by atoms with Gasteiger partial charge in [0.05, 0.1) is 6.54 Å². The number of hydrogen-bond acceptors (Lipinski definition) is 4. The molecule has 0 spiro atoms. The zero-order chi connectivity index (χ0) is 10.7. The van der Waals surface area contributed by atoms with Gasteiger partial charge in [0.1, 0.15) is 6.61 Å². The first-order valence-electron chi connectivity index (χ1n) is 5.86. The number of esters is 1. The molecule has 2 rings (SSSR count). The van der Waals surface area contributed by atoms with Gasteiger partial charge < -0.3 is 10.1 Å². The molecule has 0 aromatic carbocycles. The van der Waals surface area contributed by atoms with E-state index in [4.69, 9.17) is 4.74 Å². The van der Waals surface area contributed by atoms with Crippen molar-refractivity contribution in [2.45, 2.75) is 25.8 Å². The molecular formula is C11H20N2O2. The van der Waals surface area contributed by atoms with E-state index in [-0.39, 0.29) is 5.97 Å². The Labute approximate surface area is 91.0 Å². The van der Waals surface area contributed by atoms with Crippen LogP contribution in [-0.4, -0.2) is 49.7 Å². The van der Waals surface area contributed by atoms with Crippen LogP contribution in [0.4, 0.5) is 0 Å². The van der Waals surface area contributed by atoms with Gasteiger partial charge >= 0.3 is 5.97 Å². The maximum absolute atomic E-state index is 11.1. The topological polar surface area (TPSA) is 41.6 Å². The van der Waals surface area contributed by atoms with E-state index in [0.717, 1.165) is 25.6 Å². The Morgan fingerprint density at radius 2 is 2.47 bits per heavy atom. The van der Waals surface area contributed by atoms with Gasteiger partial charge in [-0.25, -0.2) is 0 Å². The summed E-state index contributed by atoms with van der Waals surface area (Å²) >= 11 is 0. The third-order valence-electron chi connectivity index (χ3n) is 3.43. The molecule has 4 nitrogen and oxygen atoms in total. The van der Waals surface area contributed by atoms with Crippen LogP contribution in [0.25, 0.3) is 0 Å². The van der Waals surface area contributed by atoms with Crippen molar-refractivity contribution >= 4 is 5.97 Å². The first kappa shape index (κ1) is 10.9. The third kappa shape index (κ3) is 2.92. The first-order chi connectivity index (χ1) is 7.25. The van der Waals surface area contributed by atoms with Gasteiger partial charge in [-0.05, 0) is 45.3 Å². The number of nitrogens with one attached hydrogen (secondary N) is 1. The van der Waals surface area contributed by atoms with Crippen molar-refractivity contribution in [1.82, 2.24) is 10.2 Å². The fourth-order valence-electron chi connectivity index (χ4n) is 2.29. The minimum absolute atomic E-state index is 0.0716. The quantitative estimate of drug-likeness (QED) is 0.680. The number of cyclic esters (lactones) is 1. The van der Waals surface area contributed by atoms with Crippen molar-refractivity contribution < 1.29 is 9.53 Å². The normalized spacial score (nSPS) is 33.0. The highest BCUT2D eigenvalue weighted by Crippen LogP contribution is 2.15. The maximum Gasteiger partial charge on any atom is 0.320 e. The molecule has 2 saturated heterocycles. The molecule has 0 aromatic rings. The molecule has 0 aromatic heterocycles. The standard InChI is InChI=1S/C11H20N2O2/c1-9-8-15-11(14)7-13(9)5-3-10-2-4-12-6-10/h9-10,12H,2-8H2,1H3. The van der Waals surface area contributed by atoms with Crippen LogP contribution in [0.15, 0.2) is 0 Å². The summed E-state index contributed by atoms with van der Waals surface area (Å²) in [5, 5.41) is 3.37. The van der Waals surface area contributed by atoms with E-state index in [9.17, 15) is 4.79 Å². The van der Waals surface area contributed by atoms with Crippen molar-refractivity contribution in [2.75, 3.05) is 32.8 Å². The summed E-state index contributed by atoms with van der Waals surface area (Å²) < 4.78 is 5.00. The largest absolute Gasteiger partial charge is 0.463 e. The highest BCUT2D eigenvalue weighted by molar-refractivity contribution is 5.72. The molecule has 0 aliphatic carbocycles. The van der Waals surface area contributed by atoms with E-state index >= 15 is 0 Å². The number of carbonyl (C=O) groups is 1. The lowest BCUT2D eigenvalue weighted by Gasteiger charge is -2.32. The molecule has 15 heavy (non-hydrogen) atoms. The number of nitrogens with zero attached hydrogens (tertiary/aromatic N) is 1. The number of rotatable bonds is 3. The molecule has 1 N–H and O–H groups in total. The second-order valence-corrected chi connectivity index (χ2v) is 4.65. The van der Waals surface area contributed by atoms with Crippen LogP contribution < -0.4 is 5.32 Å². The monoisotopic (exact) mass is 212 g/mol. The summed E-state index contributed by atoms with van der Waals surface area (Å²) in [5.41, 5.74) is 0. The van der Waals surface area contributed by atoms with Crippen LogP contribution in [0.1, 0.15) is 19.8 Å². The molecule has 2 aliphatic rings. The highest BCUT2D eigenvalue weighted by atomic mass is 16.5. The van der Waals surface area contributed by atoms with Gasteiger partial charge in [0.2, 0.25) is 0 Å². The zero-order valence-electron chi connectivity index (χ0n) is 9.37. The molecular weight excluding hydrogens is 192 g/mol. The Morgan fingerprint density at radius 3 is 3.20 bits per heavy atom. The van der Waals surface area contributed by atoms with E-state index in [2.05, 4.69) is 17.1 Å². The average Bonchev–Trinajstić information content (AvgIpc) is 2.72. The first-order valence-corrected chi connectivity index (χ1v) is 5.86. The highest BCUT2D eigenvalue weighted by Gasteiger charge is 2.25. The van der Waals surface area contributed by atoms with Gasteiger partial charge in [0.25, 0.3) is 0 Å². The van der Waals surface area contributed by atoms with E-state index in [1.54, 1.807) is 0 Å². The number of ether oxygens (including phenoxy) is 1. The second kappa shape index (κ2) is 4.94. The Bertz CT molecular complexity index is 227. The van der Waals surface area contributed by atoms with E-state index < -0.39 is 0 Å². The van der Waals surface area contributed by atoms with Gasteiger partial charge in [-0.1, -0.05) is 0 Å². The zero-order valence-corrected chi connectivity index (χ0v) is 9.37. The summed E-state index contributed by atoms with van der Waals surface area (Å²) in [6.45, 7) is 6.49. The predicted molar refractivity (Wildman–Crippen MR) is 57.6 cm³/mol. The smallest absolute Gasteiger partial charge is 0.320 e. The van der Waals surface area contributed by atoms with Gasteiger partial charge in [-0.2, -0.15) is 0 Å². The Kier molecular flexibility index (Phi) is 3.59. The predicted octanol–water partition coefficient (Wildman–Crippen LogP) is 0.233. The van der Waals surface area contributed by atoms with Crippen molar-refractivity contribution in [2.24, 2.45) is 5.92 Å². The van der Waals surface area contributed by atoms with Gasteiger partial charge in [0, 0.05) is 6.04 Å². The van der Waals surface area contributed by atoms with Gasteiger partial charge in [-0.15, -0.1) is 0 Å². The lowest BCUT2D eigenvalue weighted by molar-refractivity contribution is -0.153. The van der Waals surface area contributed by atoms with Crippen LogP contribution in [0.5, 0.6) is 0 Å². The fourth-order valence-corrected chi connectivity index (χ4v) is 2.29. The summed E-state index contributed by atoms with van der Waals surface area (Å²) in [6, 6.07) is 0.386. The summed E-state index contributed by atoms with van der Waals surface area (Å²) in [7, 11) is 0.